The van der Waals surface area contributed by atoms with E-state index in [1.165, 1.54) is 30.8 Å². The van der Waals surface area contributed by atoms with E-state index in [2.05, 4.69) is 41.5 Å². The van der Waals surface area contributed by atoms with Crippen molar-refractivity contribution in [2.75, 3.05) is 12.8 Å². The highest BCUT2D eigenvalue weighted by Gasteiger charge is 2.24. The SMILES string of the molecule is CCc1c[n+](C2CCCCN2)c(C)n1C.CS(=O)(=O)[O-]. The molecule has 116 valence electrons. The fourth-order valence-electron chi connectivity index (χ4n) is 2.44. The number of hydrogen-bond donors (Lipinski definition) is 1. The third-order valence-corrected chi connectivity index (χ3v) is 3.56. The first-order chi connectivity index (χ1) is 9.24. The van der Waals surface area contributed by atoms with Gasteiger partial charge in [-0.05, 0) is 19.4 Å². The highest BCUT2D eigenvalue weighted by Crippen LogP contribution is 2.13. The molecule has 1 aliphatic rings. The minimum absolute atomic E-state index is 0.519. The average molecular weight is 303 g/mol. The Morgan fingerprint density at radius 2 is 2.10 bits per heavy atom. The lowest BCUT2D eigenvalue weighted by atomic mass is 10.1. The number of rotatable bonds is 2. The standard InChI is InChI=1S/C12H22N3.CH4O3S/c1-4-11-9-15(10(2)14(11)3)12-7-5-6-8-13-12;1-5(2,3)4/h9,12-13H,4-8H2,1-3H3;1H3,(H,2,3,4)/q+1;/p-1. The third kappa shape index (κ3) is 5.22. The number of nitrogens with zero attached hydrogens (tertiary/aromatic N) is 2. The van der Waals surface area contributed by atoms with Crippen molar-refractivity contribution in [2.45, 2.75) is 45.7 Å². The van der Waals surface area contributed by atoms with E-state index in [4.69, 9.17) is 13.0 Å². The summed E-state index contributed by atoms with van der Waals surface area (Å²) < 4.78 is 31.9. The molecular weight excluding hydrogens is 278 g/mol. The van der Waals surface area contributed by atoms with Gasteiger partial charge in [-0.15, -0.1) is 0 Å². The zero-order valence-electron chi connectivity index (χ0n) is 12.7. The molecule has 2 rings (SSSR count). The number of nitrogens with one attached hydrogen (secondary N) is 1. The van der Waals surface area contributed by atoms with Crippen LogP contribution in [0.3, 0.4) is 0 Å². The highest BCUT2D eigenvalue weighted by atomic mass is 32.2. The Morgan fingerprint density at radius 1 is 1.50 bits per heavy atom. The van der Waals surface area contributed by atoms with Gasteiger partial charge in [0.2, 0.25) is 0 Å². The van der Waals surface area contributed by atoms with Gasteiger partial charge in [0.05, 0.1) is 17.2 Å². The molecule has 0 spiro atoms. The van der Waals surface area contributed by atoms with Crippen molar-refractivity contribution >= 4 is 10.1 Å². The Bertz CT molecular complexity index is 523. The van der Waals surface area contributed by atoms with Crippen molar-refractivity contribution in [3.63, 3.8) is 0 Å². The van der Waals surface area contributed by atoms with Crippen LogP contribution in [0, 0.1) is 6.92 Å². The summed E-state index contributed by atoms with van der Waals surface area (Å²) in [4.78, 5) is 0. The summed E-state index contributed by atoms with van der Waals surface area (Å²) in [6.07, 6.45) is 8.47. The molecule has 7 heteroatoms. The second-order valence-corrected chi connectivity index (χ2v) is 6.57. The van der Waals surface area contributed by atoms with Gasteiger partial charge in [-0.2, -0.15) is 0 Å². The number of imidazole rings is 1. The fourth-order valence-corrected chi connectivity index (χ4v) is 2.44. The van der Waals surface area contributed by atoms with Crippen LogP contribution in [0.15, 0.2) is 6.20 Å². The molecule has 1 aromatic rings. The predicted molar refractivity (Wildman–Crippen MR) is 76.2 cm³/mol. The summed E-state index contributed by atoms with van der Waals surface area (Å²) in [5, 5.41) is 3.59. The lowest BCUT2D eigenvalue weighted by Gasteiger charge is -2.21. The maximum absolute atomic E-state index is 9.08. The smallest absolute Gasteiger partial charge is 0.254 e. The molecule has 20 heavy (non-hydrogen) atoms. The van der Waals surface area contributed by atoms with Crippen LogP contribution >= 0.6 is 0 Å². The molecule has 2 heterocycles. The minimum Gasteiger partial charge on any atom is -0.748 e. The van der Waals surface area contributed by atoms with Gasteiger partial charge in [0.1, 0.15) is 11.9 Å². The number of aryl methyl sites for hydroxylation is 1. The van der Waals surface area contributed by atoms with Gasteiger partial charge in [0.25, 0.3) is 5.82 Å². The largest absolute Gasteiger partial charge is 0.748 e. The van der Waals surface area contributed by atoms with Crippen molar-refractivity contribution in [3.8, 4) is 0 Å². The maximum Gasteiger partial charge on any atom is 0.254 e. The van der Waals surface area contributed by atoms with E-state index in [9.17, 15) is 0 Å². The molecule has 6 nitrogen and oxygen atoms in total. The molecule has 1 saturated heterocycles. The number of hydrogen-bond acceptors (Lipinski definition) is 4. The zero-order chi connectivity index (χ0) is 15.3. The van der Waals surface area contributed by atoms with Crippen LogP contribution in [0.5, 0.6) is 0 Å². The van der Waals surface area contributed by atoms with E-state index in [0.29, 0.717) is 12.4 Å². The maximum atomic E-state index is 9.08. The second-order valence-electron chi connectivity index (χ2n) is 5.16. The predicted octanol–water partition coefficient (Wildman–Crippen LogP) is 0.617. The van der Waals surface area contributed by atoms with Crippen LogP contribution in [0.25, 0.3) is 0 Å². The van der Waals surface area contributed by atoms with Crippen molar-refractivity contribution in [2.24, 2.45) is 7.05 Å². The molecule has 1 aromatic heterocycles. The van der Waals surface area contributed by atoms with Gasteiger partial charge in [-0.3, -0.25) is 5.32 Å². The first-order valence-electron chi connectivity index (χ1n) is 6.94. The summed E-state index contributed by atoms with van der Waals surface area (Å²) in [5.74, 6) is 1.35. The first kappa shape index (κ1) is 17.1. The average Bonchev–Trinajstić information content (AvgIpc) is 2.65. The minimum atomic E-state index is -3.92. The summed E-state index contributed by atoms with van der Waals surface area (Å²) in [6.45, 7) is 5.58. The molecule has 1 fully saturated rings. The molecule has 0 radical (unpaired) electrons. The molecule has 1 unspecified atom stereocenters. The van der Waals surface area contributed by atoms with Gasteiger partial charge in [-0.1, -0.05) is 6.92 Å². The monoisotopic (exact) mass is 303 g/mol. The van der Waals surface area contributed by atoms with Crippen LogP contribution in [0.1, 0.15) is 43.9 Å². The Labute approximate surface area is 121 Å². The summed E-state index contributed by atoms with van der Waals surface area (Å²) in [5.41, 5.74) is 1.42. The Balaban J connectivity index is 0.000000347. The van der Waals surface area contributed by atoms with E-state index in [0.717, 1.165) is 13.0 Å². The molecule has 1 aliphatic heterocycles. The van der Waals surface area contributed by atoms with Crippen LogP contribution in [-0.4, -0.2) is 30.3 Å². The molecule has 0 amide bonds. The van der Waals surface area contributed by atoms with E-state index in [1.54, 1.807) is 0 Å². The first-order valence-corrected chi connectivity index (χ1v) is 8.76. The van der Waals surface area contributed by atoms with Gasteiger partial charge in [0.15, 0.2) is 6.17 Å². The molecule has 0 aliphatic carbocycles. The van der Waals surface area contributed by atoms with Crippen molar-refractivity contribution < 1.29 is 17.5 Å². The van der Waals surface area contributed by atoms with Gasteiger partial charge in [-0.25, -0.2) is 17.6 Å². The topological polar surface area (TPSA) is 78.0 Å². The lowest BCUT2D eigenvalue weighted by molar-refractivity contribution is -0.735. The van der Waals surface area contributed by atoms with E-state index in [-0.39, 0.29) is 0 Å². The number of aromatic nitrogens is 2. The van der Waals surface area contributed by atoms with Gasteiger partial charge >= 0.3 is 0 Å². The summed E-state index contributed by atoms with van der Waals surface area (Å²) in [6, 6.07) is 0. The Kier molecular flexibility index (Phi) is 6.16. The molecule has 0 aromatic carbocycles. The molecule has 0 saturated carbocycles. The second kappa shape index (κ2) is 7.19. The van der Waals surface area contributed by atoms with Crippen molar-refractivity contribution in [1.82, 2.24) is 9.88 Å². The Hall–Kier alpha value is -0.920. The fraction of sp³-hybridized carbons (Fsp3) is 0.769. The van der Waals surface area contributed by atoms with Gasteiger partial charge in [0, 0.05) is 26.0 Å². The number of piperidine rings is 1. The van der Waals surface area contributed by atoms with E-state index < -0.39 is 10.1 Å². The molecule has 0 bridgehead atoms. The van der Waals surface area contributed by atoms with Crippen molar-refractivity contribution in [1.29, 1.82) is 0 Å². The van der Waals surface area contributed by atoms with E-state index in [1.807, 2.05) is 0 Å². The lowest BCUT2D eigenvalue weighted by Crippen LogP contribution is -2.50. The highest BCUT2D eigenvalue weighted by molar-refractivity contribution is 7.84. The van der Waals surface area contributed by atoms with Crippen LogP contribution in [0.2, 0.25) is 0 Å². The van der Waals surface area contributed by atoms with Crippen LogP contribution < -0.4 is 9.88 Å². The van der Waals surface area contributed by atoms with E-state index >= 15 is 0 Å². The van der Waals surface area contributed by atoms with Crippen molar-refractivity contribution in [3.05, 3.63) is 17.7 Å². The van der Waals surface area contributed by atoms with Crippen LogP contribution in [0.4, 0.5) is 0 Å². The third-order valence-electron chi connectivity index (χ3n) is 3.56. The molecule has 1 atom stereocenters. The van der Waals surface area contributed by atoms with Crippen LogP contribution in [-0.2, 0) is 23.6 Å². The summed E-state index contributed by atoms with van der Waals surface area (Å²) in [7, 11) is -1.76. The summed E-state index contributed by atoms with van der Waals surface area (Å²) >= 11 is 0. The normalized spacial score (nSPS) is 19.4. The Morgan fingerprint density at radius 3 is 2.50 bits per heavy atom. The quantitative estimate of drug-likeness (QED) is 0.641. The zero-order valence-corrected chi connectivity index (χ0v) is 13.5. The molecule has 1 N–H and O–H groups in total. The molecular formula is C13H25N3O3S. The van der Waals surface area contributed by atoms with Gasteiger partial charge < -0.3 is 4.55 Å².